The summed E-state index contributed by atoms with van der Waals surface area (Å²) in [5.74, 6) is 1.66. The number of aromatic nitrogens is 2. The fourth-order valence-corrected chi connectivity index (χ4v) is 2.56. The van der Waals surface area contributed by atoms with E-state index in [0.717, 1.165) is 11.4 Å². The lowest BCUT2D eigenvalue weighted by molar-refractivity contribution is 0.304. The van der Waals surface area contributed by atoms with Crippen LogP contribution in [0.3, 0.4) is 0 Å². The monoisotopic (exact) mass is 351 g/mol. The molecule has 0 fully saturated rings. The first-order valence-electron chi connectivity index (χ1n) is 8.48. The molecule has 0 saturated carbocycles. The van der Waals surface area contributed by atoms with Crippen LogP contribution in [-0.4, -0.2) is 9.97 Å². The summed E-state index contributed by atoms with van der Waals surface area (Å²) >= 11 is 0. The second kappa shape index (κ2) is 7.52. The Kier molecular flexibility index (Phi) is 5.16. The van der Waals surface area contributed by atoms with Crippen LogP contribution in [0.5, 0.6) is 5.75 Å². The first-order valence-corrected chi connectivity index (χ1v) is 8.48. The van der Waals surface area contributed by atoms with Crippen LogP contribution in [0.15, 0.2) is 60.9 Å². The van der Waals surface area contributed by atoms with Crippen LogP contribution in [0.2, 0.25) is 0 Å². The average molecular weight is 351 g/mol. The Morgan fingerprint density at radius 3 is 2.46 bits per heavy atom. The van der Waals surface area contributed by atoms with Gasteiger partial charge in [-0.25, -0.2) is 14.4 Å². The number of pyridine rings is 2. The van der Waals surface area contributed by atoms with E-state index in [1.807, 2.05) is 51.1 Å². The Morgan fingerprint density at radius 1 is 0.962 bits per heavy atom. The molecule has 1 aromatic carbocycles. The number of hydrogen-bond donors (Lipinski definition) is 1. The second-order valence-corrected chi connectivity index (χ2v) is 7.07. The summed E-state index contributed by atoms with van der Waals surface area (Å²) in [7, 11) is 0. The van der Waals surface area contributed by atoms with E-state index < -0.39 is 0 Å². The average Bonchev–Trinajstić information content (AvgIpc) is 2.60. The molecular formula is C21H22FN3O. The lowest BCUT2D eigenvalue weighted by Gasteiger charge is -2.20. The van der Waals surface area contributed by atoms with Gasteiger partial charge in [0.05, 0.1) is 0 Å². The molecule has 0 aliphatic heterocycles. The molecular weight excluding hydrogens is 329 g/mol. The quantitative estimate of drug-likeness (QED) is 0.683. The zero-order valence-electron chi connectivity index (χ0n) is 15.2. The Bertz CT molecular complexity index is 876. The first-order chi connectivity index (χ1) is 12.4. The maximum atomic E-state index is 14.3. The molecule has 2 heterocycles. The van der Waals surface area contributed by atoms with Crippen molar-refractivity contribution in [1.29, 1.82) is 0 Å². The summed E-state index contributed by atoms with van der Waals surface area (Å²) in [5, 5.41) is 3.14. The summed E-state index contributed by atoms with van der Waals surface area (Å²) in [5.41, 5.74) is 1.37. The second-order valence-electron chi connectivity index (χ2n) is 7.07. The van der Waals surface area contributed by atoms with Crippen LogP contribution in [0.4, 0.5) is 16.0 Å². The van der Waals surface area contributed by atoms with E-state index in [1.54, 1.807) is 24.5 Å². The molecule has 5 heteroatoms. The molecule has 0 atom stereocenters. The molecule has 2 aromatic heterocycles. The number of benzene rings is 1. The van der Waals surface area contributed by atoms with Crippen LogP contribution in [0.1, 0.15) is 31.9 Å². The van der Waals surface area contributed by atoms with Gasteiger partial charge in [-0.1, -0.05) is 32.9 Å². The molecule has 26 heavy (non-hydrogen) atoms. The van der Waals surface area contributed by atoms with Gasteiger partial charge < -0.3 is 10.1 Å². The third-order valence-electron chi connectivity index (χ3n) is 3.90. The van der Waals surface area contributed by atoms with Crippen molar-refractivity contribution in [2.45, 2.75) is 32.8 Å². The van der Waals surface area contributed by atoms with Crippen LogP contribution in [0, 0.1) is 5.82 Å². The minimum atomic E-state index is -0.248. The summed E-state index contributed by atoms with van der Waals surface area (Å²) in [6.07, 6.45) is 3.42. The zero-order chi connectivity index (χ0) is 18.6. The predicted molar refractivity (Wildman–Crippen MR) is 101 cm³/mol. The Labute approximate surface area is 153 Å². The maximum Gasteiger partial charge on any atom is 0.131 e. The maximum absolute atomic E-state index is 14.3. The molecule has 0 unspecified atom stereocenters. The molecule has 134 valence electrons. The van der Waals surface area contributed by atoms with Gasteiger partial charge in [0.25, 0.3) is 0 Å². The van der Waals surface area contributed by atoms with Gasteiger partial charge >= 0.3 is 0 Å². The number of hydrogen-bond acceptors (Lipinski definition) is 4. The van der Waals surface area contributed by atoms with Crippen LogP contribution < -0.4 is 10.1 Å². The van der Waals surface area contributed by atoms with Crippen molar-refractivity contribution in [3.63, 3.8) is 0 Å². The van der Waals surface area contributed by atoms with Crippen LogP contribution in [-0.2, 0) is 12.0 Å². The number of halogens is 1. The lowest BCUT2D eigenvalue weighted by atomic mass is 9.87. The molecule has 0 spiro atoms. The number of nitrogens with one attached hydrogen (secondary N) is 1. The molecule has 3 rings (SSSR count). The summed E-state index contributed by atoms with van der Waals surface area (Å²) < 4.78 is 20.0. The highest BCUT2D eigenvalue weighted by molar-refractivity contribution is 5.51. The smallest absolute Gasteiger partial charge is 0.131 e. The molecule has 3 aromatic rings. The van der Waals surface area contributed by atoms with Crippen molar-refractivity contribution in [3.05, 3.63) is 77.9 Å². The molecule has 1 N–H and O–H groups in total. The molecule has 0 bridgehead atoms. The van der Waals surface area contributed by atoms with Crippen molar-refractivity contribution in [2.75, 3.05) is 5.32 Å². The SMILES string of the molecule is CC(C)(C)c1ccc(OCc2ccnc(Nc3ccccn3)c2)cc1F. The van der Waals surface area contributed by atoms with E-state index in [9.17, 15) is 4.39 Å². The Hall–Kier alpha value is -2.95. The van der Waals surface area contributed by atoms with Crippen molar-refractivity contribution < 1.29 is 9.13 Å². The van der Waals surface area contributed by atoms with Gasteiger partial charge in [0.1, 0.15) is 29.8 Å². The van der Waals surface area contributed by atoms with Crippen molar-refractivity contribution in [2.24, 2.45) is 0 Å². The number of anilines is 2. The van der Waals surface area contributed by atoms with E-state index in [1.165, 1.54) is 6.07 Å². The zero-order valence-corrected chi connectivity index (χ0v) is 15.2. The Balaban J connectivity index is 1.67. The highest BCUT2D eigenvalue weighted by Gasteiger charge is 2.18. The van der Waals surface area contributed by atoms with Crippen LogP contribution in [0.25, 0.3) is 0 Å². The van der Waals surface area contributed by atoms with Gasteiger partial charge in [0.2, 0.25) is 0 Å². The molecule has 0 saturated heterocycles. The number of rotatable bonds is 5. The van der Waals surface area contributed by atoms with Gasteiger partial charge in [-0.3, -0.25) is 0 Å². The summed E-state index contributed by atoms with van der Waals surface area (Å²) in [6, 6.07) is 14.4. The third-order valence-corrected chi connectivity index (χ3v) is 3.90. The first kappa shape index (κ1) is 17.9. The number of ether oxygens (including phenoxy) is 1. The van der Waals surface area contributed by atoms with Crippen molar-refractivity contribution >= 4 is 11.6 Å². The van der Waals surface area contributed by atoms with Crippen molar-refractivity contribution in [1.82, 2.24) is 9.97 Å². The molecule has 4 nitrogen and oxygen atoms in total. The molecule has 0 radical (unpaired) electrons. The van der Waals surface area contributed by atoms with Crippen LogP contribution >= 0.6 is 0 Å². The Morgan fingerprint density at radius 2 is 1.77 bits per heavy atom. The third kappa shape index (κ3) is 4.57. The van der Waals surface area contributed by atoms with E-state index in [4.69, 9.17) is 4.74 Å². The highest BCUT2D eigenvalue weighted by Crippen LogP contribution is 2.28. The van der Waals surface area contributed by atoms with E-state index in [2.05, 4.69) is 15.3 Å². The van der Waals surface area contributed by atoms with E-state index >= 15 is 0 Å². The predicted octanol–water partition coefficient (Wildman–Crippen LogP) is 5.24. The largest absolute Gasteiger partial charge is 0.489 e. The van der Waals surface area contributed by atoms with E-state index in [-0.39, 0.29) is 11.2 Å². The fraction of sp³-hybridized carbons (Fsp3) is 0.238. The summed E-state index contributed by atoms with van der Waals surface area (Å²) in [6.45, 7) is 6.28. The van der Waals surface area contributed by atoms with Gasteiger partial charge in [0.15, 0.2) is 0 Å². The molecule has 0 amide bonds. The summed E-state index contributed by atoms with van der Waals surface area (Å²) in [4.78, 5) is 8.49. The van der Waals surface area contributed by atoms with Gasteiger partial charge in [0, 0.05) is 18.5 Å². The van der Waals surface area contributed by atoms with Gasteiger partial charge in [-0.2, -0.15) is 0 Å². The van der Waals surface area contributed by atoms with Gasteiger partial charge in [-0.15, -0.1) is 0 Å². The molecule has 0 aliphatic carbocycles. The fourth-order valence-electron chi connectivity index (χ4n) is 2.56. The minimum Gasteiger partial charge on any atom is -0.489 e. The van der Waals surface area contributed by atoms with Gasteiger partial charge in [-0.05, 0) is 46.9 Å². The van der Waals surface area contributed by atoms with Crippen molar-refractivity contribution in [3.8, 4) is 5.75 Å². The standard InChI is InChI=1S/C21H22FN3O/c1-21(2,3)17-8-7-16(13-18(17)22)26-14-15-9-11-24-20(12-15)25-19-6-4-5-10-23-19/h4-13H,14H2,1-3H3,(H,23,24,25). The lowest BCUT2D eigenvalue weighted by Crippen LogP contribution is -2.13. The van der Waals surface area contributed by atoms with E-state index in [0.29, 0.717) is 23.7 Å². The number of nitrogens with zero attached hydrogens (tertiary/aromatic N) is 2. The normalized spacial score (nSPS) is 11.2. The topological polar surface area (TPSA) is 47.0 Å². The highest BCUT2D eigenvalue weighted by atomic mass is 19.1. The minimum absolute atomic E-state index is 0.236. The molecule has 0 aliphatic rings.